The lowest BCUT2D eigenvalue weighted by molar-refractivity contribution is -0.138. The van der Waals surface area contributed by atoms with Gasteiger partial charge in [-0.3, -0.25) is 4.79 Å². The Kier molecular flexibility index (Phi) is 3.72. The fraction of sp³-hybridized carbons (Fsp3) is 0.462. The van der Waals surface area contributed by atoms with Crippen LogP contribution in [0.5, 0.6) is 5.75 Å². The molecule has 0 heterocycles. The molecule has 1 aromatic rings. The highest BCUT2D eigenvalue weighted by molar-refractivity contribution is 6.32. The predicted molar refractivity (Wildman–Crippen MR) is 67.9 cm³/mol. The van der Waals surface area contributed by atoms with Crippen LogP contribution in [-0.2, 0) is 10.2 Å². The number of rotatable bonds is 3. The molecule has 0 aliphatic heterocycles. The van der Waals surface area contributed by atoms with Crippen LogP contribution >= 0.6 is 11.6 Å². The van der Waals surface area contributed by atoms with Crippen molar-refractivity contribution in [3.63, 3.8) is 0 Å². The van der Waals surface area contributed by atoms with Crippen LogP contribution < -0.4 is 0 Å². The highest BCUT2D eigenvalue weighted by Crippen LogP contribution is 2.41. The maximum Gasteiger partial charge on any atom is 0.304 e. The number of hydrogen-bond donors (Lipinski definition) is 2. The highest BCUT2D eigenvalue weighted by Gasteiger charge is 2.30. The molecular formula is C13H17ClO3. The molecular weight excluding hydrogens is 240 g/mol. The minimum absolute atomic E-state index is 0.0129. The van der Waals surface area contributed by atoms with Gasteiger partial charge < -0.3 is 10.2 Å². The van der Waals surface area contributed by atoms with Crippen molar-refractivity contribution >= 4 is 17.6 Å². The van der Waals surface area contributed by atoms with Crippen LogP contribution in [0.15, 0.2) is 6.07 Å². The number of halogens is 1. The molecule has 94 valence electrons. The van der Waals surface area contributed by atoms with Gasteiger partial charge in [0, 0.05) is 11.0 Å². The predicted octanol–water partition coefficient (Wildman–Crippen LogP) is 3.41. The Bertz CT molecular complexity index is 438. The van der Waals surface area contributed by atoms with Gasteiger partial charge in [0.05, 0.1) is 11.4 Å². The zero-order valence-electron chi connectivity index (χ0n) is 10.5. The van der Waals surface area contributed by atoms with Crippen LogP contribution in [0.4, 0.5) is 0 Å². The van der Waals surface area contributed by atoms with Gasteiger partial charge in [0.2, 0.25) is 0 Å². The molecule has 0 saturated heterocycles. The summed E-state index contributed by atoms with van der Waals surface area (Å²) in [7, 11) is 0. The van der Waals surface area contributed by atoms with E-state index in [1.54, 1.807) is 19.9 Å². The number of aromatic hydroxyl groups is 1. The van der Waals surface area contributed by atoms with Gasteiger partial charge in [-0.1, -0.05) is 25.4 Å². The molecule has 1 rings (SSSR count). The van der Waals surface area contributed by atoms with E-state index in [-0.39, 0.29) is 17.2 Å². The summed E-state index contributed by atoms with van der Waals surface area (Å²) in [6.45, 7) is 7.34. The zero-order chi connectivity index (χ0) is 13.4. The van der Waals surface area contributed by atoms with Crippen molar-refractivity contribution in [2.75, 3.05) is 0 Å². The van der Waals surface area contributed by atoms with E-state index < -0.39 is 11.4 Å². The summed E-state index contributed by atoms with van der Waals surface area (Å²) >= 11 is 5.94. The monoisotopic (exact) mass is 256 g/mol. The van der Waals surface area contributed by atoms with Gasteiger partial charge in [-0.15, -0.1) is 0 Å². The lowest BCUT2D eigenvalue weighted by atomic mass is 9.78. The van der Waals surface area contributed by atoms with Gasteiger partial charge in [0.15, 0.2) is 0 Å². The first-order valence-electron chi connectivity index (χ1n) is 5.37. The third kappa shape index (κ3) is 2.72. The number of benzene rings is 1. The number of phenolic OH excluding ortho intramolecular Hbond substituents is 1. The second-order valence-electron chi connectivity index (χ2n) is 4.98. The molecule has 0 amide bonds. The normalized spacial score (nSPS) is 11.6. The summed E-state index contributed by atoms with van der Waals surface area (Å²) in [6, 6.07) is 1.69. The van der Waals surface area contributed by atoms with Gasteiger partial charge in [-0.2, -0.15) is 0 Å². The Hall–Kier alpha value is -1.22. The summed E-state index contributed by atoms with van der Waals surface area (Å²) in [5.41, 5.74) is 1.79. The SMILES string of the molecule is Cc1cc(Cl)c(O)c(C(C)(C)CC(=O)O)c1C. The summed E-state index contributed by atoms with van der Waals surface area (Å²) in [5, 5.41) is 19.2. The maximum atomic E-state index is 10.9. The van der Waals surface area contributed by atoms with E-state index >= 15 is 0 Å². The summed E-state index contributed by atoms with van der Waals surface area (Å²) < 4.78 is 0. The lowest BCUT2D eigenvalue weighted by Gasteiger charge is -2.27. The number of phenols is 1. The van der Waals surface area contributed by atoms with Crippen LogP contribution in [0.25, 0.3) is 0 Å². The van der Waals surface area contributed by atoms with Gasteiger partial charge in [-0.05, 0) is 31.0 Å². The zero-order valence-corrected chi connectivity index (χ0v) is 11.2. The van der Waals surface area contributed by atoms with Gasteiger partial charge in [-0.25, -0.2) is 0 Å². The van der Waals surface area contributed by atoms with Crippen LogP contribution in [0.1, 0.15) is 37.0 Å². The standard InChI is InChI=1S/C13H17ClO3/c1-7-5-9(14)12(17)11(8(7)2)13(3,4)6-10(15)16/h5,17H,6H2,1-4H3,(H,15,16). The fourth-order valence-electron chi connectivity index (χ4n) is 2.16. The third-order valence-electron chi connectivity index (χ3n) is 3.04. The van der Waals surface area contributed by atoms with Crippen molar-refractivity contribution in [3.8, 4) is 5.75 Å². The van der Waals surface area contributed by atoms with Crippen molar-refractivity contribution in [1.82, 2.24) is 0 Å². The first kappa shape index (κ1) is 13.8. The van der Waals surface area contributed by atoms with E-state index in [1.807, 2.05) is 13.8 Å². The summed E-state index contributed by atoms with van der Waals surface area (Å²) in [4.78, 5) is 10.9. The quantitative estimate of drug-likeness (QED) is 0.871. The number of hydrogen-bond acceptors (Lipinski definition) is 2. The molecule has 4 heteroatoms. The van der Waals surface area contributed by atoms with Gasteiger partial charge >= 0.3 is 5.97 Å². The van der Waals surface area contributed by atoms with Crippen molar-refractivity contribution < 1.29 is 15.0 Å². The van der Waals surface area contributed by atoms with Crippen molar-refractivity contribution in [2.24, 2.45) is 0 Å². The Balaban J connectivity index is 3.44. The lowest BCUT2D eigenvalue weighted by Crippen LogP contribution is -2.23. The Morgan fingerprint density at radius 1 is 1.41 bits per heavy atom. The fourth-order valence-corrected chi connectivity index (χ4v) is 2.41. The first-order chi connectivity index (χ1) is 7.66. The van der Waals surface area contributed by atoms with E-state index in [0.717, 1.165) is 11.1 Å². The summed E-state index contributed by atoms with van der Waals surface area (Å²) in [6.07, 6.45) is -0.0544. The Morgan fingerprint density at radius 2 is 1.94 bits per heavy atom. The molecule has 0 atom stereocenters. The van der Waals surface area contributed by atoms with E-state index in [0.29, 0.717) is 5.56 Å². The summed E-state index contributed by atoms with van der Waals surface area (Å²) in [5.74, 6) is -0.910. The van der Waals surface area contributed by atoms with E-state index in [1.165, 1.54) is 0 Å². The molecule has 0 aromatic heterocycles. The molecule has 3 nitrogen and oxygen atoms in total. The molecule has 0 saturated carbocycles. The number of aliphatic carboxylic acids is 1. The molecule has 1 aromatic carbocycles. The molecule has 0 aliphatic carbocycles. The number of carboxylic acids is 1. The number of carboxylic acid groups (broad SMARTS) is 1. The van der Waals surface area contributed by atoms with Gasteiger partial charge in [0.25, 0.3) is 0 Å². The van der Waals surface area contributed by atoms with Crippen molar-refractivity contribution in [3.05, 3.63) is 27.8 Å². The molecule has 17 heavy (non-hydrogen) atoms. The Morgan fingerprint density at radius 3 is 2.41 bits per heavy atom. The van der Waals surface area contributed by atoms with Gasteiger partial charge in [0.1, 0.15) is 5.75 Å². The topological polar surface area (TPSA) is 57.5 Å². The number of aryl methyl sites for hydroxylation is 1. The largest absolute Gasteiger partial charge is 0.506 e. The van der Waals surface area contributed by atoms with Crippen LogP contribution in [-0.4, -0.2) is 16.2 Å². The second kappa shape index (κ2) is 4.57. The third-order valence-corrected chi connectivity index (χ3v) is 3.33. The molecule has 0 aliphatic rings. The van der Waals surface area contributed by atoms with Crippen molar-refractivity contribution in [1.29, 1.82) is 0 Å². The average Bonchev–Trinajstić information content (AvgIpc) is 2.12. The first-order valence-corrected chi connectivity index (χ1v) is 5.75. The molecule has 0 spiro atoms. The number of carbonyl (C=O) groups is 1. The van der Waals surface area contributed by atoms with E-state index in [4.69, 9.17) is 16.7 Å². The Labute approximate surface area is 106 Å². The van der Waals surface area contributed by atoms with E-state index in [9.17, 15) is 9.90 Å². The van der Waals surface area contributed by atoms with Crippen LogP contribution in [0.2, 0.25) is 5.02 Å². The van der Waals surface area contributed by atoms with Crippen LogP contribution in [0.3, 0.4) is 0 Å². The van der Waals surface area contributed by atoms with E-state index in [2.05, 4.69) is 0 Å². The molecule has 0 bridgehead atoms. The van der Waals surface area contributed by atoms with Crippen molar-refractivity contribution in [2.45, 2.75) is 39.5 Å². The molecule has 0 fully saturated rings. The second-order valence-corrected chi connectivity index (χ2v) is 5.39. The highest BCUT2D eigenvalue weighted by atomic mass is 35.5. The minimum Gasteiger partial charge on any atom is -0.506 e. The smallest absolute Gasteiger partial charge is 0.304 e. The maximum absolute atomic E-state index is 10.9. The molecule has 0 radical (unpaired) electrons. The molecule has 0 unspecified atom stereocenters. The van der Waals surface area contributed by atoms with Crippen LogP contribution in [0, 0.1) is 13.8 Å². The minimum atomic E-state index is -0.897. The molecule has 2 N–H and O–H groups in total. The average molecular weight is 257 g/mol.